The first-order valence-corrected chi connectivity index (χ1v) is 7.35. The topological polar surface area (TPSA) is 15.3 Å². The van der Waals surface area contributed by atoms with Crippen LogP contribution in [-0.2, 0) is 0 Å². The lowest BCUT2D eigenvalue weighted by Crippen LogP contribution is -2.33. The van der Waals surface area contributed by atoms with Gasteiger partial charge < -0.3 is 10.2 Å². The second-order valence-electron chi connectivity index (χ2n) is 4.97. The van der Waals surface area contributed by atoms with Gasteiger partial charge >= 0.3 is 0 Å². The van der Waals surface area contributed by atoms with E-state index in [-0.39, 0.29) is 0 Å². The predicted molar refractivity (Wildman–Crippen MR) is 75.9 cm³/mol. The summed E-state index contributed by atoms with van der Waals surface area (Å²) in [5, 5.41) is 4.49. The first kappa shape index (κ1) is 11.8. The Morgan fingerprint density at radius 2 is 2.06 bits per heavy atom. The van der Waals surface area contributed by atoms with Gasteiger partial charge in [-0.2, -0.15) is 0 Å². The minimum absolute atomic E-state index is 0.657. The van der Waals surface area contributed by atoms with Gasteiger partial charge in [-0.25, -0.2) is 0 Å². The van der Waals surface area contributed by atoms with E-state index in [2.05, 4.69) is 32.2 Å². The second kappa shape index (κ2) is 4.79. The Morgan fingerprint density at radius 3 is 2.76 bits per heavy atom. The highest BCUT2D eigenvalue weighted by Gasteiger charge is 2.29. The first-order chi connectivity index (χ1) is 8.22. The molecule has 2 aliphatic rings. The molecule has 0 spiro atoms. The molecule has 1 unspecified atom stereocenters. The fourth-order valence-corrected chi connectivity index (χ4v) is 2.82. The molecule has 17 heavy (non-hydrogen) atoms. The van der Waals surface area contributed by atoms with Crippen molar-refractivity contribution in [1.29, 1.82) is 0 Å². The Morgan fingerprint density at radius 1 is 1.24 bits per heavy atom. The zero-order chi connectivity index (χ0) is 11.8. The quantitative estimate of drug-likeness (QED) is 0.919. The lowest BCUT2D eigenvalue weighted by molar-refractivity contribution is 0.548. The van der Waals surface area contributed by atoms with Gasteiger partial charge in [0.15, 0.2) is 0 Å². The third-order valence-corrected chi connectivity index (χ3v) is 4.74. The number of nitrogens with one attached hydrogen (secondary N) is 1. The molecule has 1 aromatic rings. The largest absolute Gasteiger partial charge is 0.370 e. The Labute approximate surface area is 115 Å². The summed E-state index contributed by atoms with van der Waals surface area (Å²) >= 11 is 9.56. The number of hydrogen-bond donors (Lipinski definition) is 1. The molecule has 1 aliphatic carbocycles. The van der Waals surface area contributed by atoms with Crippen molar-refractivity contribution in [3.63, 3.8) is 0 Å². The fraction of sp³-hybridized carbons (Fsp3) is 0.538. The molecule has 4 heteroatoms. The van der Waals surface area contributed by atoms with Gasteiger partial charge in [0.1, 0.15) is 0 Å². The molecule has 1 N–H and O–H groups in total. The van der Waals surface area contributed by atoms with Gasteiger partial charge in [-0.3, -0.25) is 0 Å². The summed E-state index contributed by atoms with van der Waals surface area (Å²) in [6, 6.07) is 7.67. The smallest absolute Gasteiger partial charge is 0.0568 e. The van der Waals surface area contributed by atoms with Gasteiger partial charge in [-0.1, -0.05) is 11.6 Å². The van der Waals surface area contributed by atoms with Gasteiger partial charge in [0.2, 0.25) is 0 Å². The summed E-state index contributed by atoms with van der Waals surface area (Å²) in [6.45, 7) is 2.23. The van der Waals surface area contributed by atoms with Crippen molar-refractivity contribution in [3.8, 4) is 0 Å². The average Bonchev–Trinajstić information content (AvgIpc) is 2.99. The number of hydrogen-bond acceptors (Lipinski definition) is 2. The van der Waals surface area contributed by atoms with Crippen molar-refractivity contribution in [2.45, 2.75) is 31.3 Å². The Kier molecular flexibility index (Phi) is 3.33. The molecule has 2 nitrogen and oxygen atoms in total. The highest BCUT2D eigenvalue weighted by Crippen LogP contribution is 2.30. The SMILES string of the molecule is Clc1cc(N2CCC(NC3CC3)C2)ccc1Br. The number of halogens is 2. The molecular weight excluding hydrogens is 300 g/mol. The van der Waals surface area contributed by atoms with E-state index in [4.69, 9.17) is 11.6 Å². The summed E-state index contributed by atoms with van der Waals surface area (Å²) in [5.74, 6) is 0. The predicted octanol–water partition coefficient (Wildman–Crippen LogP) is 3.43. The Hall–Kier alpha value is -0.250. The molecule has 1 atom stereocenters. The van der Waals surface area contributed by atoms with E-state index in [0.717, 1.165) is 28.6 Å². The van der Waals surface area contributed by atoms with E-state index < -0.39 is 0 Å². The molecule has 1 saturated carbocycles. The average molecular weight is 316 g/mol. The van der Waals surface area contributed by atoms with Crippen LogP contribution in [0.15, 0.2) is 22.7 Å². The normalized spacial score (nSPS) is 24.4. The summed E-state index contributed by atoms with van der Waals surface area (Å²) < 4.78 is 0.967. The van der Waals surface area contributed by atoms with Crippen molar-refractivity contribution < 1.29 is 0 Å². The number of anilines is 1. The van der Waals surface area contributed by atoms with Crippen molar-refractivity contribution >= 4 is 33.2 Å². The highest BCUT2D eigenvalue weighted by atomic mass is 79.9. The molecule has 92 valence electrons. The summed E-state index contributed by atoms with van der Waals surface area (Å²) in [4.78, 5) is 2.42. The van der Waals surface area contributed by atoms with E-state index in [1.165, 1.54) is 24.9 Å². The second-order valence-corrected chi connectivity index (χ2v) is 6.23. The molecular formula is C13H16BrClN2. The lowest BCUT2D eigenvalue weighted by Gasteiger charge is -2.19. The number of rotatable bonds is 3. The zero-order valence-electron chi connectivity index (χ0n) is 9.63. The van der Waals surface area contributed by atoms with Crippen LogP contribution < -0.4 is 10.2 Å². The molecule has 3 rings (SSSR count). The molecule has 0 radical (unpaired) electrons. The van der Waals surface area contributed by atoms with Crippen LogP contribution in [0, 0.1) is 0 Å². The summed E-state index contributed by atoms with van der Waals surface area (Å²) in [6.07, 6.45) is 3.96. The van der Waals surface area contributed by atoms with Gasteiger partial charge in [0.25, 0.3) is 0 Å². The maximum atomic E-state index is 6.13. The van der Waals surface area contributed by atoms with Gasteiger partial charge in [-0.15, -0.1) is 0 Å². The molecule has 1 heterocycles. The Balaban J connectivity index is 1.66. The first-order valence-electron chi connectivity index (χ1n) is 6.18. The van der Waals surface area contributed by atoms with Gasteiger partial charge in [0, 0.05) is 35.3 Å². The highest BCUT2D eigenvalue weighted by molar-refractivity contribution is 9.10. The zero-order valence-corrected chi connectivity index (χ0v) is 12.0. The monoisotopic (exact) mass is 314 g/mol. The minimum atomic E-state index is 0.657. The van der Waals surface area contributed by atoms with Crippen LogP contribution in [0.5, 0.6) is 0 Å². The van der Waals surface area contributed by atoms with E-state index in [1.807, 2.05) is 12.1 Å². The van der Waals surface area contributed by atoms with Crippen LogP contribution in [0.3, 0.4) is 0 Å². The van der Waals surface area contributed by atoms with Crippen molar-refractivity contribution in [2.75, 3.05) is 18.0 Å². The van der Waals surface area contributed by atoms with Crippen LogP contribution in [0.1, 0.15) is 19.3 Å². The molecule has 1 aliphatic heterocycles. The van der Waals surface area contributed by atoms with Crippen LogP contribution in [0.2, 0.25) is 5.02 Å². The van der Waals surface area contributed by atoms with E-state index in [9.17, 15) is 0 Å². The van der Waals surface area contributed by atoms with Crippen LogP contribution in [-0.4, -0.2) is 25.2 Å². The van der Waals surface area contributed by atoms with Crippen LogP contribution in [0.4, 0.5) is 5.69 Å². The summed E-state index contributed by atoms with van der Waals surface area (Å²) in [7, 11) is 0. The molecule has 0 aromatic heterocycles. The third kappa shape index (κ3) is 2.78. The van der Waals surface area contributed by atoms with Gasteiger partial charge in [-0.05, 0) is 53.4 Å². The van der Waals surface area contributed by atoms with E-state index in [1.54, 1.807) is 0 Å². The van der Waals surface area contributed by atoms with Crippen LogP contribution >= 0.6 is 27.5 Å². The van der Waals surface area contributed by atoms with Gasteiger partial charge in [0.05, 0.1) is 5.02 Å². The van der Waals surface area contributed by atoms with Crippen molar-refractivity contribution in [2.24, 2.45) is 0 Å². The van der Waals surface area contributed by atoms with Crippen LogP contribution in [0.25, 0.3) is 0 Å². The minimum Gasteiger partial charge on any atom is -0.370 e. The van der Waals surface area contributed by atoms with Crippen molar-refractivity contribution in [1.82, 2.24) is 5.32 Å². The summed E-state index contributed by atoms with van der Waals surface area (Å²) in [5.41, 5.74) is 1.23. The standard InChI is InChI=1S/C13H16BrClN2/c14-12-4-3-11(7-13(12)15)17-6-5-10(8-17)16-9-1-2-9/h3-4,7,9-10,16H,1-2,5-6,8H2. The number of nitrogens with zero attached hydrogens (tertiary/aromatic N) is 1. The third-order valence-electron chi connectivity index (χ3n) is 3.51. The molecule has 1 saturated heterocycles. The maximum absolute atomic E-state index is 6.13. The van der Waals surface area contributed by atoms with E-state index >= 15 is 0 Å². The number of benzene rings is 1. The molecule has 0 bridgehead atoms. The molecule has 0 amide bonds. The van der Waals surface area contributed by atoms with E-state index in [0.29, 0.717) is 6.04 Å². The Bertz CT molecular complexity index is 420. The molecule has 2 fully saturated rings. The lowest BCUT2D eigenvalue weighted by atomic mass is 10.2. The molecule has 1 aromatic carbocycles. The maximum Gasteiger partial charge on any atom is 0.0568 e. The van der Waals surface area contributed by atoms with Crippen molar-refractivity contribution in [3.05, 3.63) is 27.7 Å². The fourth-order valence-electron chi connectivity index (χ4n) is 2.40.